The molecule has 0 bridgehead atoms. The number of carbonyl (C=O) groups excluding carboxylic acids is 1. The van der Waals surface area contributed by atoms with Gasteiger partial charge in [-0.25, -0.2) is 13.4 Å². The number of amides is 1. The van der Waals surface area contributed by atoms with Crippen LogP contribution >= 0.6 is 0 Å². The molecule has 1 heterocycles. The summed E-state index contributed by atoms with van der Waals surface area (Å²) in [6.07, 6.45) is 2.35. The Morgan fingerprint density at radius 3 is 2.50 bits per heavy atom. The minimum atomic E-state index is -3.13. The molecule has 118 valence electrons. The summed E-state index contributed by atoms with van der Waals surface area (Å²) in [5.41, 5.74) is 2.03. The van der Waals surface area contributed by atoms with E-state index in [9.17, 15) is 13.2 Å². The van der Waals surface area contributed by atoms with Gasteiger partial charge in [-0.3, -0.25) is 4.79 Å². The lowest BCUT2D eigenvalue weighted by Gasteiger charge is -2.15. The molecule has 7 heteroatoms. The maximum Gasteiger partial charge on any atom is 0.276 e. The van der Waals surface area contributed by atoms with E-state index in [0.717, 1.165) is 17.4 Å². The smallest absolute Gasteiger partial charge is 0.276 e. The van der Waals surface area contributed by atoms with Gasteiger partial charge >= 0.3 is 0 Å². The van der Waals surface area contributed by atoms with Crippen molar-refractivity contribution in [3.05, 3.63) is 41.9 Å². The van der Waals surface area contributed by atoms with Gasteiger partial charge in [0, 0.05) is 25.4 Å². The molecule has 1 amide bonds. The molecule has 0 spiro atoms. The number of hydrogen-bond donors (Lipinski definition) is 0. The predicted molar refractivity (Wildman–Crippen MR) is 83.3 cm³/mol. The number of oxazole rings is 1. The summed E-state index contributed by atoms with van der Waals surface area (Å²) in [6, 6.07) is 7.53. The van der Waals surface area contributed by atoms with E-state index in [0.29, 0.717) is 5.76 Å². The van der Waals surface area contributed by atoms with Crippen LogP contribution in [0.2, 0.25) is 0 Å². The molecule has 0 radical (unpaired) electrons. The number of aryl methyl sites for hydroxylation is 1. The van der Waals surface area contributed by atoms with Gasteiger partial charge in [0.05, 0.1) is 5.75 Å². The van der Waals surface area contributed by atoms with Crippen LogP contribution in [0.25, 0.3) is 11.3 Å². The summed E-state index contributed by atoms with van der Waals surface area (Å²) >= 11 is 0. The first-order valence-corrected chi connectivity index (χ1v) is 8.77. The number of benzene rings is 1. The second kappa shape index (κ2) is 6.31. The lowest BCUT2D eigenvalue weighted by Crippen LogP contribution is -2.31. The van der Waals surface area contributed by atoms with Crippen molar-refractivity contribution in [3.8, 4) is 11.3 Å². The van der Waals surface area contributed by atoms with E-state index < -0.39 is 9.84 Å². The number of rotatable bonds is 5. The first-order chi connectivity index (χ1) is 10.3. The van der Waals surface area contributed by atoms with Gasteiger partial charge in [-0.05, 0) is 6.92 Å². The van der Waals surface area contributed by atoms with Crippen LogP contribution in [0.4, 0.5) is 0 Å². The summed E-state index contributed by atoms with van der Waals surface area (Å²) in [5.74, 6) is -0.0726. The summed E-state index contributed by atoms with van der Waals surface area (Å²) in [6.45, 7) is 2.08. The molecule has 0 aliphatic heterocycles. The topological polar surface area (TPSA) is 80.5 Å². The molecule has 0 aliphatic rings. The first kappa shape index (κ1) is 16.2. The van der Waals surface area contributed by atoms with Crippen LogP contribution in [0.5, 0.6) is 0 Å². The van der Waals surface area contributed by atoms with Gasteiger partial charge in [0.15, 0.2) is 17.8 Å². The quantitative estimate of drug-likeness (QED) is 0.838. The molecule has 0 saturated carbocycles. The molecule has 0 N–H and O–H groups in total. The van der Waals surface area contributed by atoms with E-state index >= 15 is 0 Å². The van der Waals surface area contributed by atoms with Gasteiger partial charge in [0.2, 0.25) is 0 Å². The molecule has 0 aliphatic carbocycles. The standard InChI is InChI=1S/C15H18N2O4S/c1-11-4-6-12(7-5-11)14-13(16-10-21-14)15(18)17(2)8-9-22(3,19)20/h4-7,10H,8-9H2,1-3H3. The highest BCUT2D eigenvalue weighted by molar-refractivity contribution is 7.90. The Hall–Kier alpha value is -2.15. The average molecular weight is 322 g/mol. The highest BCUT2D eigenvalue weighted by Gasteiger charge is 2.22. The van der Waals surface area contributed by atoms with Gasteiger partial charge in [-0.1, -0.05) is 29.8 Å². The van der Waals surface area contributed by atoms with Crippen LogP contribution in [0, 0.1) is 6.92 Å². The van der Waals surface area contributed by atoms with Crippen LogP contribution < -0.4 is 0 Å². The summed E-state index contributed by atoms with van der Waals surface area (Å²) in [4.78, 5) is 17.7. The molecule has 22 heavy (non-hydrogen) atoms. The third kappa shape index (κ3) is 3.94. The fraction of sp³-hybridized carbons (Fsp3) is 0.333. The van der Waals surface area contributed by atoms with Gasteiger partial charge in [-0.2, -0.15) is 0 Å². The van der Waals surface area contributed by atoms with Crippen molar-refractivity contribution < 1.29 is 17.6 Å². The van der Waals surface area contributed by atoms with Crippen molar-refractivity contribution in [2.24, 2.45) is 0 Å². The zero-order chi connectivity index (χ0) is 16.3. The molecule has 6 nitrogen and oxygen atoms in total. The maximum absolute atomic E-state index is 12.4. The zero-order valence-electron chi connectivity index (χ0n) is 12.7. The van der Waals surface area contributed by atoms with E-state index in [4.69, 9.17) is 4.42 Å². The molecular formula is C15H18N2O4S. The number of aromatic nitrogens is 1. The van der Waals surface area contributed by atoms with Gasteiger partial charge in [0.1, 0.15) is 9.84 Å². The number of nitrogens with zero attached hydrogens (tertiary/aromatic N) is 2. The van der Waals surface area contributed by atoms with Crippen LogP contribution in [-0.4, -0.2) is 49.8 Å². The van der Waals surface area contributed by atoms with Crippen LogP contribution in [-0.2, 0) is 9.84 Å². The summed E-state index contributed by atoms with van der Waals surface area (Å²) < 4.78 is 27.7. The fourth-order valence-corrected chi connectivity index (χ4v) is 2.50. The van der Waals surface area contributed by atoms with Crippen molar-refractivity contribution in [1.29, 1.82) is 0 Å². The minimum absolute atomic E-state index is 0.0903. The highest BCUT2D eigenvalue weighted by atomic mass is 32.2. The van der Waals surface area contributed by atoms with Crippen molar-refractivity contribution in [1.82, 2.24) is 9.88 Å². The minimum Gasteiger partial charge on any atom is -0.443 e. The summed E-state index contributed by atoms with van der Waals surface area (Å²) in [7, 11) is -1.58. The monoisotopic (exact) mass is 322 g/mol. The Kier molecular flexibility index (Phi) is 4.65. The van der Waals surface area contributed by atoms with Gasteiger partial charge < -0.3 is 9.32 Å². The van der Waals surface area contributed by atoms with Crippen molar-refractivity contribution in [3.63, 3.8) is 0 Å². The van der Waals surface area contributed by atoms with Crippen LogP contribution in [0.3, 0.4) is 0 Å². The predicted octanol–water partition coefficient (Wildman–Crippen LogP) is 1.77. The molecule has 1 aromatic heterocycles. The Bertz CT molecular complexity index is 763. The fourth-order valence-electron chi connectivity index (χ4n) is 1.89. The van der Waals surface area contributed by atoms with E-state index in [1.165, 1.54) is 11.3 Å². The third-order valence-corrected chi connectivity index (χ3v) is 4.15. The van der Waals surface area contributed by atoms with Crippen molar-refractivity contribution >= 4 is 15.7 Å². The molecule has 0 unspecified atom stereocenters. The Morgan fingerprint density at radius 1 is 1.27 bits per heavy atom. The first-order valence-electron chi connectivity index (χ1n) is 6.71. The average Bonchev–Trinajstić information content (AvgIpc) is 2.93. The van der Waals surface area contributed by atoms with E-state index in [-0.39, 0.29) is 23.9 Å². The zero-order valence-corrected chi connectivity index (χ0v) is 13.6. The number of hydrogen-bond acceptors (Lipinski definition) is 5. The van der Waals surface area contributed by atoms with Crippen LogP contribution in [0.15, 0.2) is 35.1 Å². The molecule has 0 atom stereocenters. The molecule has 2 aromatic rings. The summed E-state index contributed by atoms with van der Waals surface area (Å²) in [5, 5.41) is 0. The highest BCUT2D eigenvalue weighted by Crippen LogP contribution is 2.24. The molecule has 0 saturated heterocycles. The second-order valence-electron chi connectivity index (χ2n) is 5.25. The van der Waals surface area contributed by atoms with E-state index in [2.05, 4.69) is 4.98 Å². The third-order valence-electron chi connectivity index (χ3n) is 3.23. The number of sulfone groups is 1. The van der Waals surface area contributed by atoms with Crippen LogP contribution in [0.1, 0.15) is 16.1 Å². The second-order valence-corrected chi connectivity index (χ2v) is 7.51. The number of carbonyl (C=O) groups is 1. The largest absolute Gasteiger partial charge is 0.443 e. The lowest BCUT2D eigenvalue weighted by atomic mass is 10.1. The molecule has 1 aromatic carbocycles. The molecule has 0 fully saturated rings. The Balaban J connectivity index is 2.21. The molecular weight excluding hydrogens is 304 g/mol. The lowest BCUT2D eigenvalue weighted by molar-refractivity contribution is 0.0798. The SMILES string of the molecule is Cc1ccc(-c2ocnc2C(=O)N(C)CCS(C)(=O)=O)cc1. The Morgan fingerprint density at radius 2 is 1.91 bits per heavy atom. The Labute approximate surface area is 129 Å². The molecule has 2 rings (SSSR count). The maximum atomic E-state index is 12.4. The van der Waals surface area contributed by atoms with E-state index in [1.807, 2.05) is 31.2 Å². The van der Waals surface area contributed by atoms with Gasteiger partial charge in [-0.15, -0.1) is 0 Å². The van der Waals surface area contributed by atoms with Gasteiger partial charge in [0.25, 0.3) is 5.91 Å². The van der Waals surface area contributed by atoms with E-state index in [1.54, 1.807) is 7.05 Å². The van der Waals surface area contributed by atoms with Crippen molar-refractivity contribution in [2.75, 3.05) is 25.6 Å². The normalized spacial score (nSPS) is 11.4. The van der Waals surface area contributed by atoms with Crippen molar-refractivity contribution in [2.45, 2.75) is 6.92 Å².